The molecule has 0 aliphatic heterocycles. The molecule has 23 heavy (non-hydrogen) atoms. The number of alkyl carbamates (subject to hydrolysis) is 1. The van der Waals surface area contributed by atoms with Crippen LogP contribution in [0.2, 0.25) is 0 Å². The van der Waals surface area contributed by atoms with Gasteiger partial charge in [0, 0.05) is 30.6 Å². The number of rotatable bonds is 5. The summed E-state index contributed by atoms with van der Waals surface area (Å²) >= 11 is 0. The van der Waals surface area contributed by atoms with Crippen molar-refractivity contribution in [2.24, 2.45) is 5.92 Å². The molecule has 2 atom stereocenters. The number of hydrogen-bond acceptors (Lipinski definition) is 4. The van der Waals surface area contributed by atoms with Gasteiger partial charge in [0.15, 0.2) is 0 Å². The maximum atomic E-state index is 11.9. The van der Waals surface area contributed by atoms with E-state index in [4.69, 9.17) is 9.15 Å². The first-order valence-corrected chi connectivity index (χ1v) is 8.55. The van der Waals surface area contributed by atoms with E-state index in [0.717, 1.165) is 25.0 Å². The van der Waals surface area contributed by atoms with Gasteiger partial charge in [-0.1, -0.05) is 13.8 Å². The Hall–Kier alpha value is -1.49. The zero-order chi connectivity index (χ0) is 17.0. The summed E-state index contributed by atoms with van der Waals surface area (Å²) in [5.74, 6) is 1.50. The fraction of sp³-hybridized carbons (Fsp3) is 0.722. The third-order valence-corrected chi connectivity index (χ3v) is 4.14. The number of aryl methyl sites for hydroxylation is 1. The molecular weight excluding hydrogens is 292 g/mol. The highest BCUT2D eigenvalue weighted by molar-refractivity contribution is 5.67. The van der Waals surface area contributed by atoms with Crippen LogP contribution in [0.5, 0.6) is 0 Å². The van der Waals surface area contributed by atoms with Crippen molar-refractivity contribution < 1.29 is 13.9 Å². The molecule has 130 valence electrons. The van der Waals surface area contributed by atoms with Gasteiger partial charge in [-0.25, -0.2) is 4.79 Å². The van der Waals surface area contributed by atoms with Crippen molar-refractivity contribution in [3.05, 3.63) is 23.7 Å². The van der Waals surface area contributed by atoms with Gasteiger partial charge in [0.2, 0.25) is 0 Å². The molecule has 2 rings (SSSR count). The second-order valence-electron chi connectivity index (χ2n) is 7.64. The fourth-order valence-corrected chi connectivity index (χ4v) is 2.91. The van der Waals surface area contributed by atoms with Gasteiger partial charge in [0.1, 0.15) is 11.4 Å². The molecule has 1 aliphatic rings. The molecule has 2 unspecified atom stereocenters. The highest BCUT2D eigenvalue weighted by Crippen LogP contribution is 2.31. The van der Waals surface area contributed by atoms with E-state index in [1.165, 1.54) is 5.56 Å². The average Bonchev–Trinajstić information content (AvgIpc) is 2.90. The first-order chi connectivity index (χ1) is 10.8. The number of nitrogens with one attached hydrogen (secondary N) is 2. The van der Waals surface area contributed by atoms with Crippen molar-refractivity contribution >= 4 is 6.09 Å². The summed E-state index contributed by atoms with van der Waals surface area (Å²) in [6, 6.07) is 2.55. The van der Waals surface area contributed by atoms with Crippen LogP contribution in [0.3, 0.4) is 0 Å². The Labute approximate surface area is 139 Å². The quantitative estimate of drug-likeness (QED) is 0.865. The minimum atomic E-state index is -0.472. The van der Waals surface area contributed by atoms with Gasteiger partial charge in [-0.05, 0) is 45.6 Å². The van der Waals surface area contributed by atoms with Gasteiger partial charge in [0.05, 0.1) is 6.26 Å². The number of carbonyl (C=O) groups is 1. The van der Waals surface area contributed by atoms with Crippen LogP contribution in [-0.4, -0.2) is 24.3 Å². The highest BCUT2D eigenvalue weighted by atomic mass is 16.6. The SMILES string of the molecule is CC(C)C(CNC(=O)OC(C)(C)C)NC1CCCc2occc21. The molecule has 0 saturated heterocycles. The molecule has 0 fully saturated rings. The Morgan fingerprint density at radius 1 is 1.43 bits per heavy atom. The Bertz CT molecular complexity index is 517. The fourth-order valence-electron chi connectivity index (χ4n) is 2.91. The summed E-state index contributed by atoms with van der Waals surface area (Å²) in [7, 11) is 0. The van der Waals surface area contributed by atoms with Crippen molar-refractivity contribution in [2.75, 3.05) is 6.54 Å². The van der Waals surface area contributed by atoms with Gasteiger partial charge in [-0.3, -0.25) is 0 Å². The minimum absolute atomic E-state index is 0.188. The zero-order valence-corrected chi connectivity index (χ0v) is 14.9. The van der Waals surface area contributed by atoms with Crippen LogP contribution < -0.4 is 10.6 Å². The van der Waals surface area contributed by atoms with Crippen LogP contribution in [-0.2, 0) is 11.2 Å². The van der Waals surface area contributed by atoms with E-state index < -0.39 is 5.60 Å². The van der Waals surface area contributed by atoms with E-state index in [1.807, 2.05) is 20.8 Å². The lowest BCUT2D eigenvalue weighted by molar-refractivity contribution is 0.0518. The van der Waals surface area contributed by atoms with Crippen LogP contribution in [0.1, 0.15) is 64.8 Å². The predicted molar refractivity (Wildman–Crippen MR) is 90.4 cm³/mol. The summed E-state index contributed by atoms with van der Waals surface area (Å²) in [5, 5.41) is 6.57. The molecule has 2 N–H and O–H groups in total. The first kappa shape index (κ1) is 17.9. The lowest BCUT2D eigenvalue weighted by Crippen LogP contribution is -2.47. The number of hydrogen-bond donors (Lipinski definition) is 2. The highest BCUT2D eigenvalue weighted by Gasteiger charge is 2.26. The van der Waals surface area contributed by atoms with Crippen LogP contribution in [0, 0.1) is 5.92 Å². The Kier molecular flexibility index (Phi) is 5.74. The van der Waals surface area contributed by atoms with E-state index in [0.29, 0.717) is 18.5 Å². The van der Waals surface area contributed by atoms with Gasteiger partial charge in [-0.2, -0.15) is 0 Å². The molecule has 5 nitrogen and oxygen atoms in total. The second kappa shape index (κ2) is 7.39. The third kappa shape index (κ3) is 5.27. The smallest absolute Gasteiger partial charge is 0.407 e. The van der Waals surface area contributed by atoms with E-state index >= 15 is 0 Å². The van der Waals surface area contributed by atoms with Crippen LogP contribution in [0.25, 0.3) is 0 Å². The summed E-state index contributed by atoms with van der Waals surface area (Å²) < 4.78 is 10.9. The molecule has 1 aromatic heterocycles. The molecule has 1 aromatic rings. The summed E-state index contributed by atoms with van der Waals surface area (Å²) in [6.45, 7) is 10.5. The van der Waals surface area contributed by atoms with Crippen molar-refractivity contribution in [1.82, 2.24) is 10.6 Å². The Morgan fingerprint density at radius 3 is 2.83 bits per heavy atom. The minimum Gasteiger partial charge on any atom is -0.469 e. The normalized spacial score (nSPS) is 19.3. The van der Waals surface area contributed by atoms with Gasteiger partial charge < -0.3 is 19.8 Å². The summed E-state index contributed by atoms with van der Waals surface area (Å²) in [4.78, 5) is 11.9. The van der Waals surface area contributed by atoms with E-state index in [1.54, 1.807) is 6.26 Å². The molecular formula is C18H30N2O3. The standard InChI is InChI=1S/C18H30N2O3/c1-12(2)15(11-19-17(21)23-18(3,4)5)20-14-7-6-8-16-13(14)9-10-22-16/h9-10,12,14-15,20H,6-8,11H2,1-5H3,(H,19,21). The van der Waals surface area contributed by atoms with E-state index in [2.05, 4.69) is 30.5 Å². The summed E-state index contributed by atoms with van der Waals surface area (Å²) in [5.41, 5.74) is 0.791. The van der Waals surface area contributed by atoms with Crippen molar-refractivity contribution in [3.8, 4) is 0 Å². The Balaban J connectivity index is 1.92. The second-order valence-corrected chi connectivity index (χ2v) is 7.64. The van der Waals surface area contributed by atoms with Crippen molar-refractivity contribution in [3.63, 3.8) is 0 Å². The topological polar surface area (TPSA) is 63.5 Å². The lowest BCUT2D eigenvalue weighted by atomic mass is 9.91. The molecule has 1 heterocycles. The van der Waals surface area contributed by atoms with Gasteiger partial charge >= 0.3 is 6.09 Å². The van der Waals surface area contributed by atoms with Gasteiger partial charge in [-0.15, -0.1) is 0 Å². The largest absolute Gasteiger partial charge is 0.469 e. The predicted octanol–water partition coefficient (Wildman–Crippen LogP) is 3.80. The van der Waals surface area contributed by atoms with E-state index in [-0.39, 0.29) is 12.1 Å². The maximum Gasteiger partial charge on any atom is 0.407 e. The van der Waals surface area contributed by atoms with Crippen LogP contribution in [0.4, 0.5) is 4.79 Å². The van der Waals surface area contributed by atoms with E-state index in [9.17, 15) is 4.79 Å². The third-order valence-electron chi connectivity index (χ3n) is 4.14. The van der Waals surface area contributed by atoms with Crippen LogP contribution >= 0.6 is 0 Å². The molecule has 5 heteroatoms. The molecule has 0 radical (unpaired) electrons. The van der Waals surface area contributed by atoms with Crippen LogP contribution in [0.15, 0.2) is 16.7 Å². The monoisotopic (exact) mass is 322 g/mol. The van der Waals surface area contributed by atoms with Gasteiger partial charge in [0.25, 0.3) is 0 Å². The zero-order valence-electron chi connectivity index (χ0n) is 14.9. The first-order valence-electron chi connectivity index (χ1n) is 8.55. The summed E-state index contributed by atoms with van der Waals surface area (Å²) in [6.07, 6.45) is 4.65. The van der Waals surface area contributed by atoms with Crippen molar-refractivity contribution in [2.45, 2.75) is 71.6 Å². The maximum absolute atomic E-state index is 11.9. The average molecular weight is 322 g/mol. The number of fused-ring (bicyclic) bond motifs is 1. The molecule has 1 amide bonds. The molecule has 0 aromatic carbocycles. The molecule has 0 spiro atoms. The number of amides is 1. The number of ether oxygens (including phenoxy) is 1. The van der Waals surface area contributed by atoms with Crippen molar-refractivity contribution in [1.29, 1.82) is 0 Å². The molecule has 0 saturated carbocycles. The number of carbonyl (C=O) groups excluding carboxylic acids is 1. The number of furan rings is 1. The molecule has 1 aliphatic carbocycles. The lowest BCUT2D eigenvalue weighted by Gasteiger charge is -2.31. The Morgan fingerprint density at radius 2 is 2.17 bits per heavy atom. The molecule has 0 bridgehead atoms.